The largest absolute Gasteiger partial charge is 0.325 e. The van der Waals surface area contributed by atoms with Gasteiger partial charge in [-0.05, 0) is 36.4 Å². The molecule has 2 aromatic rings. The fourth-order valence-electron chi connectivity index (χ4n) is 1.67. The van der Waals surface area contributed by atoms with Crippen molar-refractivity contribution in [3.63, 3.8) is 0 Å². The van der Waals surface area contributed by atoms with E-state index < -0.39 is 44.8 Å². The van der Waals surface area contributed by atoms with Gasteiger partial charge in [0, 0.05) is 11.8 Å². The molecular formula is C14H11F3N2O3S. The van der Waals surface area contributed by atoms with Crippen LogP contribution in [-0.4, -0.2) is 20.9 Å². The monoisotopic (exact) mass is 344 g/mol. The molecule has 0 radical (unpaired) electrons. The zero-order valence-corrected chi connectivity index (χ0v) is 12.3. The zero-order valence-electron chi connectivity index (χ0n) is 11.5. The molecule has 0 heterocycles. The number of amides is 1. The molecule has 9 heteroatoms. The van der Waals surface area contributed by atoms with Crippen LogP contribution < -0.4 is 10.0 Å². The van der Waals surface area contributed by atoms with Crippen LogP contribution >= 0.6 is 0 Å². The molecule has 0 saturated carbocycles. The van der Waals surface area contributed by atoms with Gasteiger partial charge in [0.15, 0.2) is 0 Å². The molecule has 0 aliphatic rings. The van der Waals surface area contributed by atoms with Crippen molar-refractivity contribution >= 4 is 21.6 Å². The van der Waals surface area contributed by atoms with Crippen LogP contribution in [0.2, 0.25) is 0 Å². The van der Waals surface area contributed by atoms with Crippen molar-refractivity contribution in [3.05, 3.63) is 59.9 Å². The Balaban J connectivity index is 2.01. The summed E-state index contributed by atoms with van der Waals surface area (Å²) in [5.41, 5.74) is 0.271. The predicted octanol–water partition coefficient (Wildman–Crippen LogP) is 2.02. The summed E-state index contributed by atoms with van der Waals surface area (Å²) in [5.74, 6) is -3.32. The number of rotatable bonds is 5. The minimum atomic E-state index is -4.25. The van der Waals surface area contributed by atoms with Gasteiger partial charge in [0.05, 0.1) is 11.4 Å². The molecule has 0 saturated heterocycles. The molecule has 0 unspecified atom stereocenters. The van der Waals surface area contributed by atoms with E-state index in [4.69, 9.17) is 0 Å². The van der Waals surface area contributed by atoms with Crippen LogP contribution in [0.15, 0.2) is 47.4 Å². The van der Waals surface area contributed by atoms with Gasteiger partial charge in [-0.25, -0.2) is 26.3 Å². The minimum Gasteiger partial charge on any atom is -0.325 e. The molecule has 2 N–H and O–H groups in total. The lowest BCUT2D eigenvalue weighted by molar-refractivity contribution is -0.115. The highest BCUT2D eigenvalue weighted by molar-refractivity contribution is 7.89. The summed E-state index contributed by atoms with van der Waals surface area (Å²) in [7, 11) is -4.25. The highest BCUT2D eigenvalue weighted by Crippen LogP contribution is 2.13. The molecule has 0 aromatic heterocycles. The Bertz CT molecular complexity index is 803. The summed E-state index contributed by atoms with van der Waals surface area (Å²) in [4.78, 5) is 11.0. The Morgan fingerprint density at radius 1 is 0.913 bits per heavy atom. The molecule has 2 rings (SSSR count). The second kappa shape index (κ2) is 6.80. The Hall–Kier alpha value is -2.39. The van der Waals surface area contributed by atoms with E-state index in [0.29, 0.717) is 18.2 Å². The number of nitrogens with one attached hydrogen (secondary N) is 2. The molecular weight excluding hydrogens is 333 g/mol. The van der Waals surface area contributed by atoms with E-state index in [1.807, 2.05) is 4.72 Å². The van der Waals surface area contributed by atoms with Crippen LogP contribution in [-0.2, 0) is 14.8 Å². The van der Waals surface area contributed by atoms with Crippen molar-refractivity contribution in [2.75, 3.05) is 11.9 Å². The van der Waals surface area contributed by atoms with Crippen LogP contribution in [0.25, 0.3) is 0 Å². The molecule has 122 valence electrons. The fourth-order valence-corrected chi connectivity index (χ4v) is 2.69. The average Bonchev–Trinajstić information content (AvgIpc) is 2.47. The van der Waals surface area contributed by atoms with E-state index in [-0.39, 0.29) is 5.69 Å². The van der Waals surface area contributed by atoms with Gasteiger partial charge >= 0.3 is 0 Å². The number of carbonyl (C=O) groups is 1. The van der Waals surface area contributed by atoms with E-state index in [9.17, 15) is 26.4 Å². The predicted molar refractivity (Wildman–Crippen MR) is 76.6 cm³/mol. The van der Waals surface area contributed by atoms with Crippen molar-refractivity contribution in [1.29, 1.82) is 0 Å². The average molecular weight is 344 g/mol. The van der Waals surface area contributed by atoms with E-state index in [0.717, 1.165) is 12.1 Å². The maximum atomic E-state index is 13.0. The van der Waals surface area contributed by atoms with E-state index in [2.05, 4.69) is 5.32 Å². The summed E-state index contributed by atoms with van der Waals surface area (Å²) in [6, 6.07) is 6.62. The van der Waals surface area contributed by atoms with Crippen molar-refractivity contribution in [2.45, 2.75) is 4.90 Å². The topological polar surface area (TPSA) is 75.3 Å². The maximum absolute atomic E-state index is 13.0. The molecule has 2 aromatic carbocycles. The van der Waals surface area contributed by atoms with Gasteiger partial charge in [0.1, 0.15) is 17.5 Å². The van der Waals surface area contributed by atoms with Crippen molar-refractivity contribution in [3.8, 4) is 0 Å². The standard InChI is InChI=1S/C14H11F3N2O3S/c15-9-1-3-12(4-2-9)19-14(20)8-18-23(21,22)13-6-10(16)5-11(17)7-13/h1-7,18H,8H2,(H,19,20). The summed E-state index contributed by atoms with van der Waals surface area (Å²) in [5, 5.41) is 2.34. The van der Waals surface area contributed by atoms with Gasteiger partial charge in [0.2, 0.25) is 15.9 Å². The molecule has 0 bridgehead atoms. The molecule has 0 aliphatic carbocycles. The minimum absolute atomic E-state index is 0.271. The molecule has 1 amide bonds. The second-order valence-electron chi connectivity index (χ2n) is 4.48. The van der Waals surface area contributed by atoms with E-state index >= 15 is 0 Å². The third-order valence-corrected chi connectivity index (χ3v) is 4.08. The number of anilines is 1. The van der Waals surface area contributed by atoms with Crippen molar-refractivity contribution in [2.24, 2.45) is 0 Å². The Kier molecular flexibility index (Phi) is 5.02. The normalized spacial score (nSPS) is 11.3. The smallest absolute Gasteiger partial charge is 0.241 e. The molecule has 23 heavy (non-hydrogen) atoms. The van der Waals surface area contributed by atoms with Gasteiger partial charge in [-0.15, -0.1) is 0 Å². The summed E-state index contributed by atoms with van der Waals surface area (Å²) in [6.45, 7) is -0.655. The van der Waals surface area contributed by atoms with Gasteiger partial charge in [-0.1, -0.05) is 0 Å². The Morgan fingerprint density at radius 3 is 2.04 bits per heavy atom. The quantitative estimate of drug-likeness (QED) is 0.871. The second-order valence-corrected chi connectivity index (χ2v) is 6.25. The van der Waals surface area contributed by atoms with E-state index in [1.165, 1.54) is 12.1 Å². The lowest BCUT2D eigenvalue weighted by atomic mass is 10.3. The van der Waals surface area contributed by atoms with E-state index in [1.54, 1.807) is 0 Å². The highest BCUT2D eigenvalue weighted by Gasteiger charge is 2.17. The molecule has 0 spiro atoms. The van der Waals surface area contributed by atoms with Gasteiger partial charge in [-0.3, -0.25) is 4.79 Å². The van der Waals surface area contributed by atoms with Crippen LogP contribution in [0.4, 0.5) is 18.9 Å². The first-order valence-electron chi connectivity index (χ1n) is 6.27. The number of benzene rings is 2. The highest BCUT2D eigenvalue weighted by atomic mass is 32.2. The number of hydrogen-bond donors (Lipinski definition) is 2. The number of sulfonamides is 1. The molecule has 0 aliphatic heterocycles. The summed E-state index contributed by atoms with van der Waals surface area (Å²) in [6.07, 6.45) is 0. The Labute approximate surface area is 130 Å². The molecule has 5 nitrogen and oxygen atoms in total. The number of halogens is 3. The third-order valence-electron chi connectivity index (χ3n) is 2.70. The maximum Gasteiger partial charge on any atom is 0.241 e. The first kappa shape index (κ1) is 17.0. The molecule has 0 fully saturated rings. The first-order valence-corrected chi connectivity index (χ1v) is 7.76. The molecule has 0 atom stereocenters. The van der Waals surface area contributed by atoms with Crippen LogP contribution in [0.5, 0.6) is 0 Å². The lowest BCUT2D eigenvalue weighted by Crippen LogP contribution is -2.33. The van der Waals surface area contributed by atoms with Crippen LogP contribution in [0.1, 0.15) is 0 Å². The summed E-state index contributed by atoms with van der Waals surface area (Å²) >= 11 is 0. The van der Waals surface area contributed by atoms with Gasteiger partial charge in [-0.2, -0.15) is 0 Å². The summed E-state index contributed by atoms with van der Waals surface area (Å²) < 4.78 is 64.4. The van der Waals surface area contributed by atoms with Crippen LogP contribution in [0, 0.1) is 17.5 Å². The zero-order chi connectivity index (χ0) is 17.0. The van der Waals surface area contributed by atoms with Gasteiger partial charge in [0.25, 0.3) is 0 Å². The van der Waals surface area contributed by atoms with Crippen molar-refractivity contribution < 1.29 is 26.4 Å². The lowest BCUT2D eigenvalue weighted by Gasteiger charge is -2.08. The fraction of sp³-hybridized carbons (Fsp3) is 0.0714. The number of hydrogen-bond acceptors (Lipinski definition) is 3. The first-order chi connectivity index (χ1) is 10.8. The number of carbonyl (C=O) groups excluding carboxylic acids is 1. The third kappa shape index (κ3) is 4.80. The van der Waals surface area contributed by atoms with Crippen LogP contribution in [0.3, 0.4) is 0 Å². The Morgan fingerprint density at radius 2 is 1.48 bits per heavy atom. The SMILES string of the molecule is O=C(CNS(=O)(=O)c1cc(F)cc(F)c1)Nc1ccc(F)cc1. The van der Waals surface area contributed by atoms with Gasteiger partial charge < -0.3 is 5.32 Å². The van der Waals surface area contributed by atoms with Crippen molar-refractivity contribution in [1.82, 2.24) is 4.72 Å².